The first kappa shape index (κ1) is 34.8. The van der Waals surface area contributed by atoms with Crippen molar-refractivity contribution in [2.75, 3.05) is 32.6 Å². The number of hydrogen-bond donors (Lipinski definition) is 2. The van der Waals surface area contributed by atoms with Crippen molar-refractivity contribution >= 4 is 27.5 Å². The summed E-state index contributed by atoms with van der Waals surface area (Å²) in [5.74, 6) is -0.0440. The summed E-state index contributed by atoms with van der Waals surface area (Å²) in [6.45, 7) is 2.88. The van der Waals surface area contributed by atoms with Crippen molar-refractivity contribution in [3.8, 4) is 0 Å². The molecule has 1 aromatic rings. The molecule has 0 radical (unpaired) electrons. The minimum atomic E-state index is -3.46. The quantitative estimate of drug-likeness (QED) is 0.120. The fourth-order valence-electron chi connectivity index (χ4n) is 4.18. The van der Waals surface area contributed by atoms with Crippen LogP contribution in [0, 0.1) is 0 Å². The van der Waals surface area contributed by atoms with Crippen LogP contribution in [-0.2, 0) is 25.9 Å². The maximum Gasteiger partial charge on any atom is 0.407 e. The number of nitrogens with zero attached hydrogens (tertiary/aromatic N) is 1. The lowest BCUT2D eigenvalue weighted by Gasteiger charge is -2.16. The summed E-state index contributed by atoms with van der Waals surface area (Å²) in [5.41, 5.74) is 0. The van der Waals surface area contributed by atoms with Crippen molar-refractivity contribution in [1.29, 1.82) is 0 Å². The van der Waals surface area contributed by atoms with Crippen LogP contribution in [0.2, 0.25) is 0 Å². The van der Waals surface area contributed by atoms with Gasteiger partial charge in [-0.05, 0) is 6.42 Å². The Morgan fingerprint density at radius 1 is 0.921 bits per heavy atom. The van der Waals surface area contributed by atoms with E-state index in [0.29, 0.717) is 13.0 Å². The van der Waals surface area contributed by atoms with Gasteiger partial charge >= 0.3 is 6.09 Å². The largest absolute Gasteiger partial charge is 0.447 e. The number of ether oxygens (including phenoxy) is 2. The number of carbonyl (C=O) groups is 1. The summed E-state index contributed by atoms with van der Waals surface area (Å²) < 4.78 is 37.3. The van der Waals surface area contributed by atoms with Gasteiger partial charge in [0.2, 0.25) is 10.0 Å². The molecule has 0 saturated heterocycles. The zero-order valence-electron chi connectivity index (χ0n) is 23.9. The molecule has 1 aromatic heterocycles. The van der Waals surface area contributed by atoms with Gasteiger partial charge in [-0.3, -0.25) is 0 Å². The van der Waals surface area contributed by atoms with Gasteiger partial charge in [0.15, 0.2) is 0 Å². The first-order chi connectivity index (χ1) is 18.5. The maximum absolute atomic E-state index is 12.2. The fraction of sp³-hybridized carbons (Fsp3) is 0.857. The van der Waals surface area contributed by atoms with Crippen molar-refractivity contribution in [3.63, 3.8) is 0 Å². The third kappa shape index (κ3) is 20.7. The second kappa shape index (κ2) is 23.6. The second-order valence-electron chi connectivity index (χ2n) is 10.0. The van der Waals surface area contributed by atoms with E-state index in [2.05, 4.69) is 21.9 Å². The van der Waals surface area contributed by atoms with Crippen LogP contribution in [0.3, 0.4) is 0 Å². The Bertz CT molecular complexity index is 775. The summed E-state index contributed by atoms with van der Waals surface area (Å²) in [7, 11) is -2.00. The molecular weight excluding hydrogens is 522 g/mol. The lowest BCUT2D eigenvalue weighted by molar-refractivity contribution is 0.0384. The lowest BCUT2D eigenvalue weighted by atomic mass is 10.0. The molecule has 1 atom stereocenters. The highest BCUT2D eigenvalue weighted by molar-refractivity contribution is 7.89. The molecule has 0 aliphatic heterocycles. The first-order valence-corrected chi connectivity index (χ1v) is 17.3. The summed E-state index contributed by atoms with van der Waals surface area (Å²) in [6, 6.07) is 0. The third-order valence-electron chi connectivity index (χ3n) is 6.63. The van der Waals surface area contributed by atoms with E-state index in [4.69, 9.17) is 9.47 Å². The van der Waals surface area contributed by atoms with Gasteiger partial charge in [-0.2, -0.15) is 0 Å². The average molecular weight is 576 g/mol. The van der Waals surface area contributed by atoms with Crippen molar-refractivity contribution < 1.29 is 22.7 Å². The average Bonchev–Trinajstić information content (AvgIpc) is 3.43. The molecule has 1 heterocycles. The first-order valence-electron chi connectivity index (χ1n) is 14.8. The highest BCUT2D eigenvalue weighted by Gasteiger charge is 2.17. The van der Waals surface area contributed by atoms with E-state index in [9.17, 15) is 13.2 Å². The Kier molecular flexibility index (Phi) is 21.6. The van der Waals surface area contributed by atoms with E-state index in [-0.39, 0.29) is 18.9 Å². The van der Waals surface area contributed by atoms with Crippen LogP contribution in [0.4, 0.5) is 4.79 Å². The lowest BCUT2D eigenvalue weighted by Crippen LogP contribution is -2.38. The predicted molar refractivity (Wildman–Crippen MR) is 157 cm³/mol. The van der Waals surface area contributed by atoms with Crippen molar-refractivity contribution in [2.24, 2.45) is 0 Å². The van der Waals surface area contributed by atoms with Crippen molar-refractivity contribution in [2.45, 2.75) is 122 Å². The van der Waals surface area contributed by atoms with E-state index in [1.165, 1.54) is 108 Å². The summed E-state index contributed by atoms with van der Waals surface area (Å²) in [5, 5.41) is 5.36. The van der Waals surface area contributed by atoms with Gasteiger partial charge in [-0.1, -0.05) is 103 Å². The molecular formula is C28H53N3O5S2. The van der Waals surface area contributed by atoms with E-state index >= 15 is 0 Å². The van der Waals surface area contributed by atoms with Gasteiger partial charge in [-0.25, -0.2) is 22.9 Å². The number of methoxy groups -OCH3 is 1. The third-order valence-corrected chi connectivity index (χ3v) is 8.82. The Morgan fingerprint density at radius 3 is 1.97 bits per heavy atom. The number of aromatic nitrogens is 1. The number of hydrogen-bond acceptors (Lipinski definition) is 7. The maximum atomic E-state index is 12.2. The van der Waals surface area contributed by atoms with Gasteiger partial charge < -0.3 is 14.8 Å². The minimum absolute atomic E-state index is 0.0176. The minimum Gasteiger partial charge on any atom is -0.447 e. The molecule has 0 fully saturated rings. The number of carbonyl (C=O) groups excluding carboxylic acids is 1. The molecule has 1 amide bonds. The molecule has 1 unspecified atom stereocenters. The Labute approximate surface area is 236 Å². The van der Waals surface area contributed by atoms with Crippen LogP contribution in [0.1, 0.15) is 115 Å². The van der Waals surface area contributed by atoms with Gasteiger partial charge in [-0.15, -0.1) is 11.3 Å². The number of amides is 1. The molecule has 0 spiro atoms. The molecule has 0 aliphatic carbocycles. The smallest absolute Gasteiger partial charge is 0.407 e. The zero-order chi connectivity index (χ0) is 27.7. The molecule has 0 bridgehead atoms. The molecule has 8 nitrogen and oxygen atoms in total. The number of aryl methyl sites for hydroxylation is 1. The molecule has 10 heteroatoms. The number of nitrogens with one attached hydrogen (secondary N) is 2. The molecule has 222 valence electrons. The van der Waals surface area contributed by atoms with Crippen LogP contribution >= 0.6 is 11.3 Å². The summed E-state index contributed by atoms with van der Waals surface area (Å²) >= 11 is 1.43. The van der Waals surface area contributed by atoms with Gasteiger partial charge in [0, 0.05) is 38.2 Å². The van der Waals surface area contributed by atoms with E-state index in [0.717, 1.165) is 17.8 Å². The highest BCUT2D eigenvalue weighted by Crippen LogP contribution is 2.13. The van der Waals surface area contributed by atoms with Gasteiger partial charge in [0.1, 0.15) is 12.7 Å². The van der Waals surface area contributed by atoms with E-state index < -0.39 is 22.2 Å². The molecule has 0 saturated carbocycles. The second-order valence-corrected chi connectivity index (χ2v) is 12.9. The highest BCUT2D eigenvalue weighted by atomic mass is 32.2. The number of thiazole rings is 1. The van der Waals surface area contributed by atoms with Crippen molar-refractivity contribution in [1.82, 2.24) is 15.0 Å². The number of unbranched alkanes of at least 4 members (excludes halogenated alkanes) is 15. The van der Waals surface area contributed by atoms with Crippen LogP contribution < -0.4 is 10.0 Å². The molecule has 2 N–H and O–H groups in total. The van der Waals surface area contributed by atoms with Gasteiger partial charge in [0.25, 0.3) is 0 Å². The Balaban J connectivity index is 1.91. The topological polar surface area (TPSA) is 107 Å². The van der Waals surface area contributed by atoms with Crippen LogP contribution in [0.25, 0.3) is 0 Å². The molecule has 0 aromatic carbocycles. The number of rotatable bonds is 26. The van der Waals surface area contributed by atoms with E-state index in [1.54, 1.807) is 6.20 Å². The predicted octanol–water partition coefficient (Wildman–Crippen LogP) is 6.61. The standard InChI is InChI=1S/C28H53N3O5S2/c1-3-4-5-6-7-8-9-10-11-12-13-14-15-16-17-18-20-30-28(32)36-25-26(35-2)24-31-38(33,34)23-19-27-29-21-22-37-27/h21-22,26,31H,3-20,23-25H2,1-2H3,(H,30,32). The number of sulfonamides is 1. The van der Waals surface area contributed by atoms with Crippen molar-refractivity contribution in [3.05, 3.63) is 16.6 Å². The molecule has 0 aliphatic rings. The normalized spacial score (nSPS) is 12.5. The number of alkyl carbamates (subject to hydrolysis) is 1. The van der Waals surface area contributed by atoms with E-state index in [1.807, 2.05) is 5.38 Å². The SMILES string of the molecule is CCCCCCCCCCCCCCCCCCNC(=O)OCC(CNS(=O)(=O)CCc1nccs1)OC. The van der Waals surface area contributed by atoms with Crippen LogP contribution in [-0.4, -0.2) is 58.2 Å². The fourth-order valence-corrected chi connectivity index (χ4v) is 5.98. The molecule has 38 heavy (non-hydrogen) atoms. The summed E-state index contributed by atoms with van der Waals surface area (Å²) in [6.07, 6.45) is 22.0. The zero-order valence-corrected chi connectivity index (χ0v) is 25.5. The monoisotopic (exact) mass is 575 g/mol. The van der Waals surface area contributed by atoms with Crippen LogP contribution in [0.15, 0.2) is 11.6 Å². The Hall–Kier alpha value is -1.23. The van der Waals surface area contributed by atoms with Crippen LogP contribution in [0.5, 0.6) is 0 Å². The molecule has 1 rings (SSSR count). The van der Waals surface area contributed by atoms with Gasteiger partial charge in [0.05, 0.1) is 10.8 Å². The Morgan fingerprint density at radius 2 is 1.47 bits per heavy atom. The summed E-state index contributed by atoms with van der Waals surface area (Å²) in [4.78, 5) is 16.0.